The van der Waals surface area contributed by atoms with E-state index in [1.165, 1.54) is 11.1 Å². The summed E-state index contributed by atoms with van der Waals surface area (Å²) in [5.74, 6) is 0.770. The van der Waals surface area contributed by atoms with E-state index in [9.17, 15) is 4.79 Å². The third-order valence-electron chi connectivity index (χ3n) is 5.74. The van der Waals surface area contributed by atoms with Gasteiger partial charge >= 0.3 is 0 Å². The van der Waals surface area contributed by atoms with Crippen molar-refractivity contribution in [3.8, 4) is 0 Å². The maximum atomic E-state index is 12.5. The first kappa shape index (κ1) is 23.0. The van der Waals surface area contributed by atoms with Crippen molar-refractivity contribution in [3.63, 3.8) is 0 Å². The average Bonchev–Trinajstić information content (AvgIpc) is 3.19. The lowest BCUT2D eigenvalue weighted by Crippen LogP contribution is -2.41. The van der Waals surface area contributed by atoms with E-state index in [2.05, 4.69) is 17.4 Å². The van der Waals surface area contributed by atoms with Crippen LogP contribution in [0.3, 0.4) is 0 Å². The molecular weight excluding hydrogens is 408 g/mol. The molecule has 31 heavy (non-hydrogen) atoms. The van der Waals surface area contributed by atoms with Gasteiger partial charge in [0, 0.05) is 36.0 Å². The van der Waals surface area contributed by atoms with Crippen molar-refractivity contribution in [2.24, 2.45) is 5.92 Å². The third kappa shape index (κ3) is 5.95. The van der Waals surface area contributed by atoms with Crippen LogP contribution in [0, 0.1) is 16.7 Å². The Hall–Kier alpha value is -2.66. The van der Waals surface area contributed by atoms with Crippen LogP contribution in [0.25, 0.3) is 0 Å². The van der Waals surface area contributed by atoms with E-state index >= 15 is 0 Å². The number of rotatable bonds is 8. The topological polar surface area (TPSA) is 80.0 Å². The Kier molecular flexibility index (Phi) is 7.85. The largest absolute Gasteiger partial charge is 0.326 e. The summed E-state index contributed by atoms with van der Waals surface area (Å²) in [6.45, 7) is 4.72. The van der Waals surface area contributed by atoms with Gasteiger partial charge in [-0.2, -0.15) is 0 Å². The van der Waals surface area contributed by atoms with Gasteiger partial charge in [0.05, 0.1) is 0 Å². The highest BCUT2D eigenvalue weighted by molar-refractivity contribution is 6.31. The fraction of sp³-hybridized carbons (Fsp3) is 0.400. The molecule has 0 saturated heterocycles. The van der Waals surface area contributed by atoms with Crippen molar-refractivity contribution in [2.45, 2.75) is 52.4 Å². The number of hydrogen-bond donors (Lipinski definition) is 3. The van der Waals surface area contributed by atoms with Crippen molar-refractivity contribution in [2.75, 3.05) is 11.9 Å². The smallest absolute Gasteiger partial charge is 0.224 e. The van der Waals surface area contributed by atoms with Crippen LogP contribution in [-0.2, 0) is 24.1 Å². The van der Waals surface area contributed by atoms with Crippen LogP contribution in [0.15, 0.2) is 42.5 Å². The molecule has 0 bridgehead atoms. The Labute approximate surface area is 189 Å². The molecule has 6 heteroatoms. The number of amidine groups is 2. The van der Waals surface area contributed by atoms with Gasteiger partial charge in [-0.1, -0.05) is 49.7 Å². The van der Waals surface area contributed by atoms with Crippen LogP contribution in [0.4, 0.5) is 5.69 Å². The molecule has 5 nitrogen and oxygen atoms in total. The number of carbonyl (C=O) groups is 1. The predicted molar refractivity (Wildman–Crippen MR) is 128 cm³/mol. The molecule has 3 N–H and O–H groups in total. The first-order valence-corrected chi connectivity index (χ1v) is 11.4. The Morgan fingerprint density at radius 3 is 2.39 bits per heavy atom. The van der Waals surface area contributed by atoms with Gasteiger partial charge in [0.25, 0.3) is 0 Å². The number of benzene rings is 2. The molecular formula is C25H31ClN4O. The molecule has 0 aliphatic heterocycles. The van der Waals surface area contributed by atoms with Crippen molar-refractivity contribution < 1.29 is 4.79 Å². The second kappa shape index (κ2) is 10.6. The summed E-state index contributed by atoms with van der Waals surface area (Å²) in [5, 5.41) is 20.8. The first-order chi connectivity index (χ1) is 14.9. The molecule has 0 aromatic heterocycles. The predicted octanol–water partition coefficient (Wildman–Crippen LogP) is 5.70. The van der Waals surface area contributed by atoms with E-state index in [1.54, 1.807) is 11.0 Å². The molecule has 2 aromatic rings. The number of amides is 1. The number of aryl methyl sites for hydroxylation is 1. The molecule has 1 aliphatic carbocycles. The average molecular weight is 439 g/mol. The molecule has 0 spiro atoms. The molecule has 0 unspecified atom stereocenters. The molecule has 0 heterocycles. The molecule has 2 aromatic carbocycles. The summed E-state index contributed by atoms with van der Waals surface area (Å²) in [6.07, 6.45) is 3.88. The van der Waals surface area contributed by atoms with Gasteiger partial charge < -0.3 is 10.2 Å². The van der Waals surface area contributed by atoms with Crippen molar-refractivity contribution in [1.29, 1.82) is 10.8 Å². The molecule has 164 valence electrons. The lowest BCUT2D eigenvalue weighted by atomic mass is 10.0. The van der Waals surface area contributed by atoms with Gasteiger partial charge in [0.1, 0.15) is 11.7 Å². The minimum atomic E-state index is -0.148. The van der Waals surface area contributed by atoms with Gasteiger partial charge in [-0.05, 0) is 60.6 Å². The number of anilines is 1. The van der Waals surface area contributed by atoms with Gasteiger partial charge in [0.2, 0.25) is 5.91 Å². The summed E-state index contributed by atoms with van der Waals surface area (Å²) in [7, 11) is 0. The highest BCUT2D eigenvalue weighted by Gasteiger charge is 2.29. The van der Waals surface area contributed by atoms with Crippen molar-refractivity contribution in [1.82, 2.24) is 4.90 Å². The summed E-state index contributed by atoms with van der Waals surface area (Å²) >= 11 is 6.13. The quantitative estimate of drug-likeness (QED) is 0.365. The lowest BCUT2D eigenvalue weighted by molar-refractivity contribution is -0.116. The molecule has 3 rings (SSSR count). The molecule has 1 amide bonds. The summed E-state index contributed by atoms with van der Waals surface area (Å²) < 4.78 is 0. The van der Waals surface area contributed by atoms with E-state index in [0.29, 0.717) is 35.3 Å². The third-order valence-corrected chi connectivity index (χ3v) is 5.96. The molecule has 0 saturated carbocycles. The fourth-order valence-electron chi connectivity index (χ4n) is 4.11. The maximum Gasteiger partial charge on any atom is 0.224 e. The Morgan fingerprint density at radius 1 is 1.10 bits per heavy atom. The molecule has 0 radical (unpaired) electrons. The van der Waals surface area contributed by atoms with E-state index in [-0.39, 0.29) is 18.2 Å². The number of nitrogens with zero attached hydrogens (tertiary/aromatic N) is 1. The zero-order valence-electron chi connectivity index (χ0n) is 18.3. The standard InChI is InChI=1S/C25H31ClN4O/c1-3-11-30(25(28)20-14-18-7-5-6-8-19(18)15-20)23(27)9-10-24(31)29-22-13-17(4-2)12-21(26)16-22/h5-8,12-13,16,20,27-28H,3-4,9-11,14-15H2,1-2H3,(H,29,31). The second-order valence-electron chi connectivity index (χ2n) is 8.11. The van der Waals surface area contributed by atoms with Gasteiger partial charge in [-0.3, -0.25) is 15.6 Å². The lowest BCUT2D eigenvalue weighted by Gasteiger charge is -2.28. The fourth-order valence-corrected chi connectivity index (χ4v) is 4.37. The van der Waals surface area contributed by atoms with Crippen molar-refractivity contribution >= 4 is 34.9 Å². The zero-order chi connectivity index (χ0) is 22.4. The highest BCUT2D eigenvalue weighted by atomic mass is 35.5. The second-order valence-corrected chi connectivity index (χ2v) is 8.54. The van der Waals surface area contributed by atoms with Crippen molar-refractivity contribution in [3.05, 3.63) is 64.2 Å². The van der Waals surface area contributed by atoms with Crippen LogP contribution in [0.2, 0.25) is 5.02 Å². The summed E-state index contributed by atoms with van der Waals surface area (Å²) in [5.41, 5.74) is 4.35. The number of carbonyl (C=O) groups excluding carboxylic acids is 1. The van der Waals surface area contributed by atoms with Crippen LogP contribution in [0.1, 0.15) is 49.8 Å². The Balaban J connectivity index is 1.57. The normalized spacial score (nSPS) is 13.0. The zero-order valence-corrected chi connectivity index (χ0v) is 19.1. The molecule has 0 fully saturated rings. The minimum absolute atomic E-state index is 0.0945. The highest BCUT2D eigenvalue weighted by Crippen LogP contribution is 2.28. The van der Waals surface area contributed by atoms with E-state index in [1.807, 2.05) is 38.1 Å². The monoisotopic (exact) mass is 438 g/mol. The first-order valence-electron chi connectivity index (χ1n) is 11.0. The molecule has 1 aliphatic rings. The Morgan fingerprint density at radius 2 is 1.77 bits per heavy atom. The maximum absolute atomic E-state index is 12.5. The number of halogens is 1. The van der Waals surface area contributed by atoms with E-state index in [0.717, 1.165) is 31.2 Å². The summed E-state index contributed by atoms with van der Waals surface area (Å²) in [4.78, 5) is 14.3. The van der Waals surface area contributed by atoms with E-state index in [4.69, 9.17) is 22.4 Å². The van der Waals surface area contributed by atoms with Crippen LogP contribution < -0.4 is 5.32 Å². The van der Waals surface area contributed by atoms with Crippen LogP contribution in [-0.4, -0.2) is 29.0 Å². The van der Waals surface area contributed by atoms with Crippen LogP contribution >= 0.6 is 11.6 Å². The molecule has 0 atom stereocenters. The van der Waals surface area contributed by atoms with E-state index < -0.39 is 0 Å². The van der Waals surface area contributed by atoms with Gasteiger partial charge in [-0.25, -0.2) is 0 Å². The minimum Gasteiger partial charge on any atom is -0.326 e. The van der Waals surface area contributed by atoms with Gasteiger partial charge in [-0.15, -0.1) is 0 Å². The Bertz CT molecular complexity index is 947. The van der Waals surface area contributed by atoms with Gasteiger partial charge in [0.15, 0.2) is 0 Å². The number of fused-ring (bicyclic) bond motifs is 1. The summed E-state index contributed by atoms with van der Waals surface area (Å²) in [6, 6.07) is 13.9. The number of nitrogens with one attached hydrogen (secondary N) is 3. The van der Waals surface area contributed by atoms with Crippen LogP contribution in [0.5, 0.6) is 0 Å². The SMILES string of the molecule is CCCN(C(=N)CCC(=O)Nc1cc(Cl)cc(CC)c1)C(=N)C1Cc2ccccc2C1. The number of hydrogen-bond acceptors (Lipinski definition) is 3.